The van der Waals surface area contributed by atoms with E-state index in [9.17, 15) is 40.0 Å². The summed E-state index contributed by atoms with van der Waals surface area (Å²) >= 11 is 0. The number of sulfone groups is 1. The molecule has 0 radical (unpaired) electrons. The molecule has 1 amide bonds. The molecule has 0 spiro atoms. The van der Waals surface area contributed by atoms with E-state index in [0.29, 0.717) is 64.0 Å². The van der Waals surface area contributed by atoms with Gasteiger partial charge in [-0.1, -0.05) is 86.8 Å². The van der Waals surface area contributed by atoms with E-state index < -0.39 is 39.4 Å². The van der Waals surface area contributed by atoms with Crippen LogP contribution in [0.1, 0.15) is 68.2 Å². The number of hydrogen-bond donors (Lipinski definition) is 2. The molecule has 0 bridgehead atoms. The van der Waals surface area contributed by atoms with Crippen LogP contribution in [0.2, 0.25) is 0 Å². The predicted octanol–water partition coefficient (Wildman–Crippen LogP) is 7.24. The topological polar surface area (TPSA) is 133 Å². The summed E-state index contributed by atoms with van der Waals surface area (Å²) in [6.07, 6.45) is 4.18. The van der Waals surface area contributed by atoms with Gasteiger partial charge in [-0.05, 0) is 74.9 Å². The number of nitrogens with two attached hydrogens (primary N) is 2. The number of nitrogens with zero attached hydrogens (tertiary/aromatic N) is 1. The number of carbonyl (C=O) groups excluding carboxylic acids is 2. The molecule has 0 heterocycles. The number of ether oxygens (including phenoxy) is 1. The van der Waals surface area contributed by atoms with Gasteiger partial charge in [0.25, 0.3) is 6.47 Å². The van der Waals surface area contributed by atoms with Crippen LogP contribution in [-0.2, 0) is 37.2 Å². The predicted molar refractivity (Wildman–Crippen MR) is 196 cm³/mol. The van der Waals surface area contributed by atoms with Crippen LogP contribution in [0.5, 0.6) is 0 Å². The van der Waals surface area contributed by atoms with Crippen molar-refractivity contribution in [1.82, 2.24) is 4.90 Å². The van der Waals surface area contributed by atoms with Crippen molar-refractivity contribution in [2.45, 2.75) is 90.8 Å². The molecule has 0 saturated carbocycles. The molecular formula is C38H54F5N3O5S. The Morgan fingerprint density at radius 2 is 1.40 bits per heavy atom. The van der Waals surface area contributed by atoms with E-state index >= 15 is 0 Å². The van der Waals surface area contributed by atoms with Gasteiger partial charge < -0.3 is 21.1 Å². The molecule has 0 aliphatic heterocycles. The van der Waals surface area contributed by atoms with Gasteiger partial charge in [-0.15, -0.1) is 0 Å². The Morgan fingerprint density at radius 1 is 0.846 bits per heavy atom. The van der Waals surface area contributed by atoms with Crippen LogP contribution >= 0.6 is 0 Å². The molecule has 52 heavy (non-hydrogen) atoms. The fraction of sp³-hybridized carbons (Fsp3) is 0.474. The molecule has 0 aliphatic rings. The monoisotopic (exact) mass is 759 g/mol. The Bertz CT molecular complexity index is 1460. The molecule has 1 unspecified atom stereocenters. The fourth-order valence-electron chi connectivity index (χ4n) is 4.98. The quantitative estimate of drug-likeness (QED) is 0.110. The number of hydrogen-bond acceptors (Lipinski definition) is 7. The molecule has 3 aromatic carbocycles. The summed E-state index contributed by atoms with van der Waals surface area (Å²) in [5.74, 6) is -1.64. The highest BCUT2D eigenvalue weighted by Crippen LogP contribution is 2.17. The van der Waals surface area contributed by atoms with Gasteiger partial charge >= 0.3 is 6.68 Å². The molecule has 3 rings (SSSR count). The van der Waals surface area contributed by atoms with E-state index in [1.165, 1.54) is 17.7 Å². The summed E-state index contributed by atoms with van der Waals surface area (Å²) in [6, 6.07) is 20.1. The number of aryl methyl sites for hydroxylation is 2. The molecule has 1 atom stereocenters. The van der Waals surface area contributed by atoms with E-state index in [4.69, 9.17) is 11.5 Å². The standard InChI is InChI=1S/C22H39N3O3S.C8H8O2.C7H6F2.CHF3/c1-4-8-20(9-5-2)29(27,28)17-21(24)22(26)25(14-7-13-23)15-12-19-11-6-10-18(3)16-19;9-7-10-6-8-4-2-1-3-5-8;1-5-2-6(8)4-7(9)3-5;2-1(3)4/h6,10-11,16,20-21H,4-5,7-9,12-15,17,23-24H2,1-3H3;1-5,7H,6H2;2-4H,1H3;1H. The average Bonchev–Trinajstić information content (AvgIpc) is 3.07. The van der Waals surface area contributed by atoms with Crippen LogP contribution in [0.15, 0.2) is 72.8 Å². The van der Waals surface area contributed by atoms with Crippen LogP contribution in [0, 0.1) is 25.5 Å². The Labute approximate surface area is 305 Å². The van der Waals surface area contributed by atoms with Crippen molar-refractivity contribution in [2.75, 3.05) is 25.4 Å². The van der Waals surface area contributed by atoms with Crippen molar-refractivity contribution >= 4 is 22.2 Å². The van der Waals surface area contributed by atoms with E-state index in [0.717, 1.165) is 30.0 Å². The number of carbonyl (C=O) groups is 2. The van der Waals surface area contributed by atoms with Gasteiger partial charge in [0.15, 0.2) is 9.84 Å². The molecule has 0 fully saturated rings. The SMILES string of the molecule is CCCC(CCC)S(=O)(=O)CC(N)C(=O)N(CCCN)CCc1cccc(C)c1.Cc1cc(F)cc(F)c1.FC(F)F.O=COCc1ccccc1. The third-order valence-corrected chi connectivity index (χ3v) is 9.63. The molecule has 8 nitrogen and oxygen atoms in total. The van der Waals surface area contributed by atoms with E-state index in [1.54, 1.807) is 11.8 Å². The molecule has 3 aromatic rings. The maximum Gasteiger partial charge on any atom is 0.379 e. The van der Waals surface area contributed by atoms with Gasteiger partial charge in [0.05, 0.1) is 17.0 Å². The number of halogens is 5. The first kappa shape index (κ1) is 48.1. The lowest BCUT2D eigenvalue weighted by Gasteiger charge is -2.27. The third-order valence-electron chi connectivity index (χ3n) is 7.32. The maximum absolute atomic E-state index is 12.9. The molecule has 0 aromatic heterocycles. The van der Waals surface area contributed by atoms with Crippen molar-refractivity contribution in [3.8, 4) is 0 Å². The maximum atomic E-state index is 12.9. The summed E-state index contributed by atoms with van der Waals surface area (Å²) in [4.78, 5) is 24.4. The van der Waals surface area contributed by atoms with Crippen LogP contribution in [-0.4, -0.2) is 69.1 Å². The lowest BCUT2D eigenvalue weighted by Crippen LogP contribution is -2.49. The summed E-state index contributed by atoms with van der Waals surface area (Å²) < 4.78 is 83.5. The molecular weight excluding hydrogens is 705 g/mol. The average molecular weight is 760 g/mol. The lowest BCUT2D eigenvalue weighted by molar-refractivity contribution is -0.132. The minimum absolute atomic E-state index is 0.292. The van der Waals surface area contributed by atoms with Crippen molar-refractivity contribution < 1.29 is 44.7 Å². The Hall–Kier alpha value is -3.88. The molecule has 0 aliphatic carbocycles. The number of amides is 1. The number of rotatable bonds is 17. The second-order valence-electron chi connectivity index (χ2n) is 11.9. The molecule has 14 heteroatoms. The van der Waals surface area contributed by atoms with Gasteiger partial charge in [0.2, 0.25) is 5.91 Å². The highest BCUT2D eigenvalue weighted by atomic mass is 32.2. The molecule has 4 N–H and O–H groups in total. The largest absolute Gasteiger partial charge is 0.463 e. The summed E-state index contributed by atoms with van der Waals surface area (Å²) in [6.45, 7) is 6.24. The number of benzene rings is 3. The van der Waals surface area contributed by atoms with Crippen LogP contribution in [0.25, 0.3) is 0 Å². The van der Waals surface area contributed by atoms with Crippen molar-refractivity contribution in [2.24, 2.45) is 11.5 Å². The van der Waals surface area contributed by atoms with E-state index in [1.807, 2.05) is 69.3 Å². The summed E-state index contributed by atoms with van der Waals surface area (Å²) in [5, 5.41) is -0.416. The van der Waals surface area contributed by atoms with Crippen LogP contribution in [0.4, 0.5) is 22.0 Å². The summed E-state index contributed by atoms with van der Waals surface area (Å²) in [7, 11) is -3.41. The van der Waals surface area contributed by atoms with Crippen molar-refractivity contribution in [1.29, 1.82) is 0 Å². The van der Waals surface area contributed by atoms with Gasteiger partial charge in [0.1, 0.15) is 18.2 Å². The van der Waals surface area contributed by atoms with Crippen molar-refractivity contribution in [3.05, 3.63) is 107 Å². The molecule has 0 saturated heterocycles. The van der Waals surface area contributed by atoms with Gasteiger partial charge in [-0.25, -0.2) is 17.2 Å². The zero-order chi connectivity index (χ0) is 39.5. The van der Waals surface area contributed by atoms with Gasteiger partial charge in [0, 0.05) is 19.2 Å². The highest BCUT2D eigenvalue weighted by molar-refractivity contribution is 7.92. The van der Waals surface area contributed by atoms with Gasteiger partial charge in [-0.2, -0.15) is 13.2 Å². The fourth-order valence-corrected chi connectivity index (χ4v) is 7.09. The zero-order valence-electron chi connectivity index (χ0n) is 30.5. The normalized spacial score (nSPS) is 11.2. The second-order valence-corrected chi connectivity index (χ2v) is 14.3. The minimum Gasteiger partial charge on any atom is -0.463 e. The Morgan fingerprint density at radius 3 is 1.88 bits per heavy atom. The van der Waals surface area contributed by atoms with Crippen molar-refractivity contribution in [3.63, 3.8) is 0 Å². The first-order valence-electron chi connectivity index (χ1n) is 17.1. The minimum atomic E-state index is -3.67. The van der Waals surface area contributed by atoms with Crippen LogP contribution in [0.3, 0.4) is 0 Å². The summed E-state index contributed by atoms with van der Waals surface area (Å²) in [5.41, 5.74) is 15.6. The second kappa shape index (κ2) is 27.7. The first-order chi connectivity index (χ1) is 24.6. The zero-order valence-corrected chi connectivity index (χ0v) is 31.3. The smallest absolute Gasteiger partial charge is 0.379 e. The van der Waals surface area contributed by atoms with E-state index in [2.05, 4.69) is 10.8 Å². The lowest BCUT2D eigenvalue weighted by atomic mass is 10.1. The molecule has 292 valence electrons. The van der Waals surface area contributed by atoms with Gasteiger partial charge in [-0.3, -0.25) is 9.59 Å². The Kier molecular flexibility index (Phi) is 25.7. The van der Waals surface area contributed by atoms with Crippen LogP contribution < -0.4 is 11.5 Å². The third kappa shape index (κ3) is 22.8. The number of alkyl halides is 3. The highest BCUT2D eigenvalue weighted by Gasteiger charge is 2.31. The van der Waals surface area contributed by atoms with E-state index in [-0.39, 0.29) is 11.7 Å². The Balaban J connectivity index is 0.000000903. The first-order valence-corrected chi connectivity index (χ1v) is 18.8.